The van der Waals surface area contributed by atoms with Gasteiger partial charge in [-0.2, -0.15) is 0 Å². The molecule has 2 N–H and O–H groups in total. The van der Waals surface area contributed by atoms with Gasteiger partial charge in [-0.05, 0) is 26.2 Å². The first kappa shape index (κ1) is 11.0. The number of nitrogens with one attached hydrogen (secondary N) is 1. The second-order valence-corrected chi connectivity index (χ2v) is 4.20. The Hall–Kier alpha value is -0.120. The SMILES string of the molecule is CCCOCC(C)(O)CNC1CC1. The molecule has 0 aliphatic heterocycles. The van der Waals surface area contributed by atoms with Crippen LogP contribution in [0.5, 0.6) is 0 Å². The molecule has 0 aromatic carbocycles. The van der Waals surface area contributed by atoms with Crippen LogP contribution in [0.2, 0.25) is 0 Å². The van der Waals surface area contributed by atoms with E-state index in [0.717, 1.165) is 13.0 Å². The van der Waals surface area contributed by atoms with Crippen LogP contribution in [-0.2, 0) is 4.74 Å². The lowest BCUT2D eigenvalue weighted by Gasteiger charge is -2.23. The normalized spacial score (nSPS) is 21.5. The lowest BCUT2D eigenvalue weighted by Crippen LogP contribution is -2.42. The monoisotopic (exact) mass is 187 g/mol. The van der Waals surface area contributed by atoms with Crippen LogP contribution in [0.4, 0.5) is 0 Å². The molecular weight excluding hydrogens is 166 g/mol. The van der Waals surface area contributed by atoms with Gasteiger partial charge in [0.15, 0.2) is 0 Å². The summed E-state index contributed by atoms with van der Waals surface area (Å²) in [5, 5.41) is 13.1. The van der Waals surface area contributed by atoms with Gasteiger partial charge in [-0.3, -0.25) is 0 Å². The molecule has 1 rings (SSSR count). The van der Waals surface area contributed by atoms with Gasteiger partial charge in [-0.25, -0.2) is 0 Å². The maximum Gasteiger partial charge on any atom is 0.0975 e. The Bertz CT molecular complexity index is 144. The summed E-state index contributed by atoms with van der Waals surface area (Å²) in [7, 11) is 0. The summed E-state index contributed by atoms with van der Waals surface area (Å²) in [4.78, 5) is 0. The third-order valence-electron chi connectivity index (χ3n) is 2.11. The Balaban J connectivity index is 2.03. The fourth-order valence-electron chi connectivity index (χ4n) is 1.14. The Labute approximate surface area is 80.5 Å². The summed E-state index contributed by atoms with van der Waals surface area (Å²) in [6.07, 6.45) is 3.52. The first-order chi connectivity index (χ1) is 6.14. The van der Waals surface area contributed by atoms with Crippen LogP contribution in [0.1, 0.15) is 33.1 Å². The quantitative estimate of drug-likeness (QED) is 0.582. The molecule has 0 bridgehead atoms. The molecule has 1 aliphatic carbocycles. The van der Waals surface area contributed by atoms with Gasteiger partial charge in [-0.15, -0.1) is 0 Å². The maximum absolute atomic E-state index is 9.83. The highest BCUT2D eigenvalue weighted by atomic mass is 16.5. The minimum absolute atomic E-state index is 0.431. The van der Waals surface area contributed by atoms with Gasteiger partial charge in [0.1, 0.15) is 0 Å². The molecule has 1 aliphatic rings. The Morgan fingerprint density at radius 1 is 1.54 bits per heavy atom. The highest BCUT2D eigenvalue weighted by Crippen LogP contribution is 2.19. The molecule has 0 amide bonds. The molecule has 3 heteroatoms. The van der Waals surface area contributed by atoms with E-state index in [4.69, 9.17) is 4.74 Å². The molecular formula is C10H21NO2. The molecule has 0 spiro atoms. The molecule has 0 radical (unpaired) electrons. The molecule has 1 saturated carbocycles. The van der Waals surface area contributed by atoms with Gasteiger partial charge in [-0.1, -0.05) is 6.92 Å². The zero-order chi connectivity index (χ0) is 9.73. The average molecular weight is 187 g/mol. The largest absolute Gasteiger partial charge is 0.386 e. The van der Waals surface area contributed by atoms with Crippen molar-refractivity contribution in [2.24, 2.45) is 0 Å². The van der Waals surface area contributed by atoms with Crippen molar-refractivity contribution in [2.45, 2.75) is 44.8 Å². The molecule has 3 nitrogen and oxygen atoms in total. The zero-order valence-electron chi connectivity index (χ0n) is 8.68. The summed E-state index contributed by atoms with van der Waals surface area (Å²) < 4.78 is 5.31. The van der Waals surface area contributed by atoms with E-state index in [1.165, 1.54) is 12.8 Å². The van der Waals surface area contributed by atoms with Crippen LogP contribution in [0.25, 0.3) is 0 Å². The van der Waals surface area contributed by atoms with Crippen molar-refractivity contribution >= 4 is 0 Å². The van der Waals surface area contributed by atoms with E-state index in [9.17, 15) is 5.11 Å². The lowest BCUT2D eigenvalue weighted by atomic mass is 10.1. The van der Waals surface area contributed by atoms with Crippen molar-refractivity contribution < 1.29 is 9.84 Å². The average Bonchev–Trinajstić information content (AvgIpc) is 2.84. The van der Waals surface area contributed by atoms with E-state index < -0.39 is 5.60 Å². The van der Waals surface area contributed by atoms with E-state index in [0.29, 0.717) is 19.2 Å². The fourth-order valence-corrected chi connectivity index (χ4v) is 1.14. The second-order valence-electron chi connectivity index (χ2n) is 4.20. The summed E-state index contributed by atoms with van der Waals surface area (Å²) in [5.74, 6) is 0. The number of ether oxygens (including phenoxy) is 1. The minimum Gasteiger partial charge on any atom is -0.386 e. The van der Waals surface area contributed by atoms with Crippen LogP contribution < -0.4 is 5.32 Å². The predicted octanol–water partition coefficient (Wildman–Crippen LogP) is 0.916. The van der Waals surface area contributed by atoms with E-state index in [1.807, 2.05) is 6.92 Å². The summed E-state index contributed by atoms with van der Waals surface area (Å²) in [6.45, 7) is 5.69. The van der Waals surface area contributed by atoms with E-state index >= 15 is 0 Å². The highest BCUT2D eigenvalue weighted by Gasteiger charge is 2.26. The summed E-state index contributed by atoms with van der Waals surface area (Å²) in [6, 6.07) is 0.651. The number of rotatable bonds is 7. The molecule has 1 atom stereocenters. The fraction of sp³-hybridized carbons (Fsp3) is 1.00. The van der Waals surface area contributed by atoms with Crippen LogP contribution in [0.3, 0.4) is 0 Å². The van der Waals surface area contributed by atoms with Gasteiger partial charge in [0, 0.05) is 19.2 Å². The van der Waals surface area contributed by atoms with E-state index in [-0.39, 0.29) is 0 Å². The Kier molecular flexibility index (Phi) is 4.16. The number of hydrogen-bond acceptors (Lipinski definition) is 3. The molecule has 0 aromatic rings. The van der Waals surface area contributed by atoms with Crippen molar-refractivity contribution in [3.63, 3.8) is 0 Å². The predicted molar refractivity (Wildman–Crippen MR) is 52.8 cm³/mol. The summed E-state index contributed by atoms with van der Waals surface area (Å²) in [5.41, 5.74) is -0.711. The zero-order valence-corrected chi connectivity index (χ0v) is 8.68. The molecule has 0 heterocycles. The van der Waals surface area contributed by atoms with Gasteiger partial charge >= 0.3 is 0 Å². The molecule has 0 aromatic heterocycles. The first-order valence-electron chi connectivity index (χ1n) is 5.17. The molecule has 1 fully saturated rings. The molecule has 0 saturated heterocycles. The topological polar surface area (TPSA) is 41.5 Å². The van der Waals surface area contributed by atoms with Crippen LogP contribution in [0.15, 0.2) is 0 Å². The van der Waals surface area contributed by atoms with E-state index in [2.05, 4.69) is 12.2 Å². The summed E-state index contributed by atoms with van der Waals surface area (Å²) >= 11 is 0. The second kappa shape index (κ2) is 4.94. The van der Waals surface area contributed by atoms with Gasteiger partial charge in [0.25, 0.3) is 0 Å². The molecule has 1 unspecified atom stereocenters. The smallest absolute Gasteiger partial charge is 0.0975 e. The van der Waals surface area contributed by atoms with Crippen LogP contribution in [-0.4, -0.2) is 36.5 Å². The molecule has 78 valence electrons. The number of aliphatic hydroxyl groups is 1. The van der Waals surface area contributed by atoms with Crippen molar-refractivity contribution in [2.75, 3.05) is 19.8 Å². The standard InChI is InChI=1S/C10H21NO2/c1-3-6-13-8-10(2,12)7-11-9-4-5-9/h9,11-12H,3-8H2,1-2H3. The third-order valence-corrected chi connectivity index (χ3v) is 2.11. The van der Waals surface area contributed by atoms with Crippen molar-refractivity contribution in [1.82, 2.24) is 5.32 Å². The van der Waals surface area contributed by atoms with Crippen LogP contribution in [0, 0.1) is 0 Å². The Morgan fingerprint density at radius 2 is 2.23 bits per heavy atom. The lowest BCUT2D eigenvalue weighted by molar-refractivity contribution is -0.0322. The highest BCUT2D eigenvalue weighted by molar-refractivity contribution is 4.85. The van der Waals surface area contributed by atoms with Gasteiger partial charge < -0.3 is 15.2 Å². The molecule has 13 heavy (non-hydrogen) atoms. The van der Waals surface area contributed by atoms with Crippen molar-refractivity contribution in [3.8, 4) is 0 Å². The first-order valence-corrected chi connectivity index (χ1v) is 5.17. The maximum atomic E-state index is 9.83. The Morgan fingerprint density at radius 3 is 2.77 bits per heavy atom. The van der Waals surface area contributed by atoms with Crippen molar-refractivity contribution in [3.05, 3.63) is 0 Å². The van der Waals surface area contributed by atoms with Gasteiger partial charge in [0.2, 0.25) is 0 Å². The van der Waals surface area contributed by atoms with Crippen LogP contribution >= 0.6 is 0 Å². The van der Waals surface area contributed by atoms with Gasteiger partial charge in [0.05, 0.1) is 12.2 Å². The van der Waals surface area contributed by atoms with Crippen molar-refractivity contribution in [1.29, 1.82) is 0 Å². The van der Waals surface area contributed by atoms with E-state index in [1.54, 1.807) is 0 Å². The third kappa shape index (κ3) is 5.24. The minimum atomic E-state index is -0.711. The number of hydrogen-bond donors (Lipinski definition) is 2.